The van der Waals surface area contributed by atoms with E-state index in [2.05, 4.69) is 5.32 Å². The van der Waals surface area contributed by atoms with E-state index < -0.39 is 12.0 Å². The molecule has 0 spiro atoms. The summed E-state index contributed by atoms with van der Waals surface area (Å²) in [7, 11) is 0. The van der Waals surface area contributed by atoms with Crippen molar-refractivity contribution in [2.45, 2.75) is 19.9 Å². The van der Waals surface area contributed by atoms with Gasteiger partial charge in [0, 0.05) is 0 Å². The minimum Gasteiger partial charge on any atom is -0.673 e. The number of carboxylic acid groups (broad SMARTS) is 1. The number of carbonyl (C=O) groups is 1. The van der Waals surface area contributed by atoms with Gasteiger partial charge in [0.1, 0.15) is 0 Å². The standard InChI is InChI=1S/C10H12NO2.K/c1-7-3-5-9(6-4-7)11-8(2)10(12)13;/h3-6,8H,1-2H3,(H,12,13);/q-1;+1. The molecule has 1 unspecified atom stereocenters. The first-order chi connectivity index (χ1) is 6.09. The summed E-state index contributed by atoms with van der Waals surface area (Å²) in [4.78, 5) is 10.5. The van der Waals surface area contributed by atoms with E-state index in [1.165, 1.54) is 0 Å². The molecule has 0 aromatic heterocycles. The number of benzene rings is 1. The summed E-state index contributed by atoms with van der Waals surface area (Å²) in [5, 5.41) is 12.6. The second-order valence-electron chi connectivity index (χ2n) is 2.98. The summed E-state index contributed by atoms with van der Waals surface area (Å²) < 4.78 is 0. The SMILES string of the molecule is Cc1ccc([N-]C(C)C(=O)O)cc1.[K+]. The molecule has 1 N–H and O–H groups in total. The summed E-state index contributed by atoms with van der Waals surface area (Å²) in [6.07, 6.45) is 0. The van der Waals surface area contributed by atoms with Gasteiger partial charge in [-0.1, -0.05) is 36.8 Å². The van der Waals surface area contributed by atoms with Gasteiger partial charge >= 0.3 is 51.4 Å². The zero-order valence-corrected chi connectivity index (χ0v) is 11.8. The molecule has 1 atom stereocenters. The smallest absolute Gasteiger partial charge is 0.673 e. The molecule has 0 amide bonds. The van der Waals surface area contributed by atoms with Crippen LogP contribution < -0.4 is 51.4 Å². The number of hydrogen-bond acceptors (Lipinski definition) is 1. The Morgan fingerprint density at radius 3 is 2.29 bits per heavy atom. The second kappa shape index (κ2) is 6.58. The van der Waals surface area contributed by atoms with Crippen molar-refractivity contribution in [1.82, 2.24) is 0 Å². The average molecular weight is 217 g/mol. The molecule has 0 heterocycles. The van der Waals surface area contributed by atoms with Crippen LogP contribution in [0.4, 0.5) is 5.69 Å². The van der Waals surface area contributed by atoms with Crippen molar-refractivity contribution in [1.29, 1.82) is 0 Å². The summed E-state index contributed by atoms with van der Waals surface area (Å²) in [5.74, 6) is -0.902. The van der Waals surface area contributed by atoms with Crippen LogP contribution in [-0.4, -0.2) is 17.1 Å². The number of carboxylic acids is 1. The van der Waals surface area contributed by atoms with Gasteiger partial charge in [-0.25, -0.2) is 0 Å². The normalized spacial score (nSPS) is 11.3. The molecule has 1 aromatic rings. The third-order valence-corrected chi connectivity index (χ3v) is 1.73. The van der Waals surface area contributed by atoms with Crippen molar-refractivity contribution in [2.75, 3.05) is 0 Å². The van der Waals surface area contributed by atoms with E-state index in [0.717, 1.165) is 5.56 Å². The number of rotatable bonds is 3. The van der Waals surface area contributed by atoms with E-state index in [0.29, 0.717) is 5.69 Å². The monoisotopic (exact) mass is 217 g/mol. The van der Waals surface area contributed by atoms with Crippen LogP contribution in [0, 0.1) is 6.92 Å². The van der Waals surface area contributed by atoms with E-state index in [4.69, 9.17) is 5.11 Å². The Morgan fingerprint density at radius 2 is 1.86 bits per heavy atom. The fraction of sp³-hybridized carbons (Fsp3) is 0.300. The minimum absolute atomic E-state index is 0. The maximum atomic E-state index is 10.5. The Kier molecular flexibility index (Phi) is 6.64. The van der Waals surface area contributed by atoms with Crippen molar-refractivity contribution in [2.24, 2.45) is 0 Å². The Hall–Kier alpha value is 0.126. The van der Waals surface area contributed by atoms with Gasteiger partial charge in [0.05, 0.1) is 0 Å². The first-order valence-electron chi connectivity index (χ1n) is 4.10. The molecule has 0 aliphatic heterocycles. The molecule has 0 fully saturated rings. The maximum Gasteiger partial charge on any atom is 1.00 e. The molecule has 0 aliphatic rings. The maximum absolute atomic E-state index is 10.5. The summed E-state index contributed by atoms with van der Waals surface area (Å²) in [5.41, 5.74) is 1.85. The first-order valence-corrected chi connectivity index (χ1v) is 4.10. The van der Waals surface area contributed by atoms with Crippen LogP contribution in [0.1, 0.15) is 12.5 Å². The van der Waals surface area contributed by atoms with Crippen LogP contribution >= 0.6 is 0 Å². The quantitative estimate of drug-likeness (QED) is 0.693. The van der Waals surface area contributed by atoms with Gasteiger partial charge in [0.25, 0.3) is 5.97 Å². The van der Waals surface area contributed by atoms with Gasteiger partial charge in [-0.3, -0.25) is 4.79 Å². The zero-order valence-electron chi connectivity index (χ0n) is 8.69. The van der Waals surface area contributed by atoms with Gasteiger partial charge in [-0.15, -0.1) is 5.69 Å². The van der Waals surface area contributed by atoms with Gasteiger partial charge in [-0.05, 0) is 13.0 Å². The van der Waals surface area contributed by atoms with Crippen molar-refractivity contribution in [3.05, 3.63) is 35.1 Å². The van der Waals surface area contributed by atoms with Gasteiger partial charge in [0.15, 0.2) is 0 Å². The van der Waals surface area contributed by atoms with Gasteiger partial charge in [-0.2, -0.15) is 0 Å². The summed E-state index contributed by atoms with van der Waals surface area (Å²) in [6.45, 7) is 3.53. The Labute approximate surface area is 126 Å². The molecule has 0 radical (unpaired) electrons. The van der Waals surface area contributed by atoms with Crippen molar-refractivity contribution < 1.29 is 61.3 Å². The number of aryl methyl sites for hydroxylation is 1. The van der Waals surface area contributed by atoms with Crippen LogP contribution in [0.5, 0.6) is 0 Å². The van der Waals surface area contributed by atoms with Gasteiger partial charge in [0.2, 0.25) is 0 Å². The predicted octanol–water partition coefficient (Wildman–Crippen LogP) is -0.523. The molecule has 14 heavy (non-hydrogen) atoms. The van der Waals surface area contributed by atoms with E-state index in [1.54, 1.807) is 6.92 Å². The molecule has 0 saturated carbocycles. The van der Waals surface area contributed by atoms with Crippen molar-refractivity contribution in [3.8, 4) is 0 Å². The molecule has 3 nitrogen and oxygen atoms in total. The van der Waals surface area contributed by atoms with E-state index in [-0.39, 0.29) is 51.4 Å². The molecular weight excluding hydrogens is 205 g/mol. The number of nitrogens with zero attached hydrogens (tertiary/aromatic N) is 1. The molecule has 0 saturated heterocycles. The third kappa shape index (κ3) is 4.57. The van der Waals surface area contributed by atoms with Crippen LogP contribution in [-0.2, 0) is 4.79 Å². The van der Waals surface area contributed by atoms with E-state index >= 15 is 0 Å². The molecule has 1 rings (SSSR count). The molecule has 0 bridgehead atoms. The number of hydrogen-bond donors (Lipinski definition) is 1. The summed E-state index contributed by atoms with van der Waals surface area (Å²) >= 11 is 0. The molecule has 0 aliphatic carbocycles. The fourth-order valence-electron chi connectivity index (χ4n) is 0.910. The minimum atomic E-state index is -0.902. The second-order valence-corrected chi connectivity index (χ2v) is 2.98. The first kappa shape index (κ1) is 14.1. The number of aliphatic carboxylic acids is 1. The fourth-order valence-corrected chi connectivity index (χ4v) is 0.910. The predicted molar refractivity (Wildman–Crippen MR) is 51.3 cm³/mol. The van der Waals surface area contributed by atoms with E-state index in [1.807, 2.05) is 31.2 Å². The van der Waals surface area contributed by atoms with Crippen LogP contribution in [0.15, 0.2) is 24.3 Å². The molecule has 70 valence electrons. The van der Waals surface area contributed by atoms with E-state index in [9.17, 15) is 4.79 Å². The molecule has 4 heteroatoms. The Bertz CT molecular complexity index is 297. The zero-order chi connectivity index (χ0) is 9.84. The molecule has 1 aromatic carbocycles. The largest absolute Gasteiger partial charge is 1.00 e. The third-order valence-electron chi connectivity index (χ3n) is 1.73. The van der Waals surface area contributed by atoms with Gasteiger partial charge < -0.3 is 10.4 Å². The van der Waals surface area contributed by atoms with Crippen molar-refractivity contribution >= 4 is 11.7 Å². The Balaban J connectivity index is 0.00000169. The Morgan fingerprint density at radius 1 is 1.36 bits per heavy atom. The topological polar surface area (TPSA) is 51.4 Å². The van der Waals surface area contributed by atoms with Crippen molar-refractivity contribution in [3.63, 3.8) is 0 Å². The average Bonchev–Trinajstić information content (AvgIpc) is 2.08. The van der Waals surface area contributed by atoms with Crippen LogP contribution in [0.2, 0.25) is 0 Å². The summed E-state index contributed by atoms with van der Waals surface area (Å²) in [6, 6.07) is 6.77. The van der Waals surface area contributed by atoms with Crippen LogP contribution in [0.3, 0.4) is 0 Å². The van der Waals surface area contributed by atoms with Crippen LogP contribution in [0.25, 0.3) is 5.32 Å². The molecular formula is C10H12KNO2.